The van der Waals surface area contributed by atoms with E-state index in [4.69, 9.17) is 10.2 Å². The number of carboxylic acid groups (broad SMARTS) is 3. The average Bonchev–Trinajstić information content (AvgIpc) is 2.67. The van der Waals surface area contributed by atoms with Crippen molar-refractivity contribution in [1.82, 2.24) is 4.90 Å². The van der Waals surface area contributed by atoms with Crippen molar-refractivity contribution in [3.63, 3.8) is 0 Å². The van der Waals surface area contributed by atoms with Crippen LogP contribution in [0.3, 0.4) is 0 Å². The highest BCUT2D eigenvalue weighted by atomic mass is 32.2. The number of carbonyl (C=O) groups is 4. The van der Waals surface area contributed by atoms with Crippen LogP contribution in [-0.2, 0) is 29.3 Å². The Morgan fingerprint density at radius 2 is 1.19 bits per heavy atom. The summed E-state index contributed by atoms with van der Waals surface area (Å²) in [6.07, 6.45) is 7.19. The van der Waals surface area contributed by atoms with E-state index in [1.165, 1.54) is 19.3 Å². The fourth-order valence-electron chi connectivity index (χ4n) is 3.35. The second kappa shape index (κ2) is 15.6. The lowest BCUT2D eigenvalue weighted by molar-refractivity contribution is -0.155. The molecule has 0 bridgehead atoms. The number of hydrogen-bond donors (Lipinski definition) is 4. The summed E-state index contributed by atoms with van der Waals surface area (Å²) < 4.78 is 32.4. The van der Waals surface area contributed by atoms with Gasteiger partial charge in [-0.15, -0.1) is 0 Å². The molecule has 0 fully saturated rings. The van der Waals surface area contributed by atoms with Crippen LogP contribution >= 0.6 is 0 Å². The zero-order valence-electron chi connectivity index (χ0n) is 18.4. The Morgan fingerprint density at radius 1 is 0.750 bits per heavy atom. The molecule has 0 spiro atoms. The quantitative estimate of drug-likeness (QED) is 0.157. The highest BCUT2D eigenvalue weighted by molar-refractivity contribution is 7.87. The first kappa shape index (κ1) is 29.8. The van der Waals surface area contributed by atoms with Crippen molar-refractivity contribution in [3.8, 4) is 0 Å². The third-order valence-electron chi connectivity index (χ3n) is 5.06. The van der Waals surface area contributed by atoms with E-state index < -0.39 is 58.1 Å². The molecule has 11 nitrogen and oxygen atoms in total. The lowest BCUT2D eigenvalue weighted by atomic mass is 10.1. The number of unbranched alkanes of at least 4 members (excludes halogenated alkanes) is 9. The molecule has 0 aromatic rings. The number of hydrogen-bond acceptors (Lipinski definition) is 6. The van der Waals surface area contributed by atoms with Crippen molar-refractivity contribution in [1.29, 1.82) is 0 Å². The predicted molar refractivity (Wildman–Crippen MR) is 115 cm³/mol. The topological polar surface area (TPSA) is 187 Å². The number of rotatable bonds is 19. The van der Waals surface area contributed by atoms with Gasteiger partial charge >= 0.3 is 17.9 Å². The van der Waals surface area contributed by atoms with Gasteiger partial charge < -0.3 is 20.2 Å². The Morgan fingerprint density at radius 3 is 1.56 bits per heavy atom. The molecule has 1 amide bonds. The number of amides is 1. The van der Waals surface area contributed by atoms with E-state index in [-0.39, 0.29) is 13.0 Å². The first-order chi connectivity index (χ1) is 14.9. The van der Waals surface area contributed by atoms with Gasteiger partial charge in [0.1, 0.15) is 6.04 Å². The monoisotopic (exact) mass is 481 g/mol. The van der Waals surface area contributed by atoms with Gasteiger partial charge in [0, 0.05) is 6.54 Å². The third kappa shape index (κ3) is 12.6. The zero-order chi connectivity index (χ0) is 24.7. The van der Waals surface area contributed by atoms with Crippen molar-refractivity contribution in [2.75, 3.05) is 6.54 Å². The molecular weight excluding hydrogens is 446 g/mol. The van der Waals surface area contributed by atoms with E-state index in [0.717, 1.165) is 32.1 Å². The van der Waals surface area contributed by atoms with E-state index in [1.807, 2.05) is 0 Å². The standard InChI is InChI=1S/C20H35NO10S/c1-2-3-4-5-6-7-8-9-10-11-12-21(15(20(27)28)13-17(22)23)19(26)16(14-18(24)25)32(29,30)31/h15-16H,2-14H2,1H3,(H,22,23)(H,24,25)(H,27,28)(H,29,30,31). The molecule has 0 saturated heterocycles. The number of aliphatic carboxylic acids is 3. The molecular formula is C20H35NO10S. The number of nitrogens with zero attached hydrogens (tertiary/aromatic N) is 1. The Balaban J connectivity index is 5.13. The molecule has 0 rings (SSSR count). The second-order valence-corrected chi connectivity index (χ2v) is 9.37. The van der Waals surface area contributed by atoms with Gasteiger partial charge in [-0.05, 0) is 6.42 Å². The fraction of sp³-hybridized carbons (Fsp3) is 0.800. The normalized spacial score (nSPS) is 13.3. The molecule has 2 unspecified atom stereocenters. The average molecular weight is 482 g/mol. The minimum Gasteiger partial charge on any atom is -0.481 e. The molecule has 186 valence electrons. The van der Waals surface area contributed by atoms with Gasteiger partial charge in [-0.3, -0.25) is 18.9 Å². The first-order valence-electron chi connectivity index (χ1n) is 10.8. The van der Waals surface area contributed by atoms with Crippen LogP contribution in [0, 0.1) is 0 Å². The van der Waals surface area contributed by atoms with Crippen LogP contribution in [0.1, 0.15) is 84.0 Å². The molecule has 0 aromatic carbocycles. The molecule has 0 radical (unpaired) electrons. The lowest BCUT2D eigenvalue weighted by Gasteiger charge is -2.30. The van der Waals surface area contributed by atoms with Gasteiger partial charge in [0.15, 0.2) is 5.25 Å². The van der Waals surface area contributed by atoms with Crippen LogP contribution in [0.2, 0.25) is 0 Å². The van der Waals surface area contributed by atoms with Crippen LogP contribution < -0.4 is 0 Å². The molecule has 0 aromatic heterocycles. The summed E-state index contributed by atoms with van der Waals surface area (Å²) in [5, 5.41) is 24.8. The van der Waals surface area contributed by atoms with Crippen molar-refractivity contribution in [3.05, 3.63) is 0 Å². The highest BCUT2D eigenvalue weighted by Gasteiger charge is 2.41. The summed E-state index contributed by atoms with van der Waals surface area (Å²) in [6.45, 7) is 1.87. The summed E-state index contributed by atoms with van der Waals surface area (Å²) in [5.74, 6) is -6.33. The van der Waals surface area contributed by atoms with Gasteiger partial charge in [-0.2, -0.15) is 8.42 Å². The minimum atomic E-state index is -5.16. The van der Waals surface area contributed by atoms with E-state index >= 15 is 0 Å². The molecule has 0 aliphatic heterocycles. The molecule has 32 heavy (non-hydrogen) atoms. The lowest BCUT2D eigenvalue weighted by Crippen LogP contribution is -2.52. The van der Waals surface area contributed by atoms with E-state index in [2.05, 4.69) is 6.92 Å². The van der Waals surface area contributed by atoms with Crippen LogP contribution in [0.15, 0.2) is 0 Å². The maximum absolute atomic E-state index is 12.7. The number of carbonyl (C=O) groups excluding carboxylic acids is 1. The Kier molecular flexibility index (Phi) is 14.5. The van der Waals surface area contributed by atoms with Gasteiger partial charge in [0.2, 0.25) is 5.91 Å². The molecule has 0 aliphatic rings. The van der Waals surface area contributed by atoms with E-state index in [9.17, 15) is 37.3 Å². The fourth-order valence-corrected chi connectivity index (χ4v) is 4.09. The predicted octanol–water partition coefficient (Wildman–Crippen LogP) is 2.39. The molecule has 0 saturated carbocycles. The molecule has 0 aliphatic carbocycles. The zero-order valence-corrected chi connectivity index (χ0v) is 19.3. The van der Waals surface area contributed by atoms with Gasteiger partial charge in [0.25, 0.3) is 10.1 Å². The minimum absolute atomic E-state index is 0.273. The number of carboxylic acids is 3. The van der Waals surface area contributed by atoms with Crippen LogP contribution in [0.5, 0.6) is 0 Å². The maximum atomic E-state index is 12.7. The summed E-state index contributed by atoms with van der Waals surface area (Å²) in [6, 6.07) is -1.89. The molecule has 2 atom stereocenters. The van der Waals surface area contributed by atoms with Gasteiger partial charge in [-0.1, -0.05) is 64.7 Å². The summed E-state index contributed by atoms with van der Waals surface area (Å²) in [5.41, 5.74) is 0. The first-order valence-corrected chi connectivity index (χ1v) is 12.3. The van der Waals surface area contributed by atoms with Crippen LogP contribution in [0.25, 0.3) is 0 Å². The summed E-state index contributed by atoms with van der Waals surface area (Å²) in [7, 11) is -5.16. The summed E-state index contributed by atoms with van der Waals surface area (Å²) >= 11 is 0. The smallest absolute Gasteiger partial charge is 0.327 e. The van der Waals surface area contributed by atoms with E-state index in [0.29, 0.717) is 11.3 Å². The SMILES string of the molecule is CCCCCCCCCCCCN(C(=O)C(CC(=O)O)S(=O)(=O)O)C(CC(=O)O)C(=O)O. The van der Waals surface area contributed by atoms with Crippen LogP contribution in [-0.4, -0.2) is 74.8 Å². The van der Waals surface area contributed by atoms with Crippen molar-refractivity contribution < 1.29 is 47.5 Å². The molecule has 4 N–H and O–H groups in total. The van der Waals surface area contributed by atoms with Crippen molar-refractivity contribution >= 4 is 33.9 Å². The third-order valence-corrected chi connectivity index (χ3v) is 6.15. The highest BCUT2D eigenvalue weighted by Crippen LogP contribution is 2.17. The molecule has 12 heteroatoms. The Labute approximate surface area is 188 Å². The molecule has 0 heterocycles. The van der Waals surface area contributed by atoms with Gasteiger partial charge in [-0.25, -0.2) is 4.79 Å². The maximum Gasteiger partial charge on any atom is 0.327 e. The Hall–Kier alpha value is -2.21. The summed E-state index contributed by atoms with van der Waals surface area (Å²) in [4.78, 5) is 46.8. The second-order valence-electron chi connectivity index (χ2n) is 7.77. The van der Waals surface area contributed by atoms with E-state index in [1.54, 1.807) is 0 Å². The van der Waals surface area contributed by atoms with Gasteiger partial charge in [0.05, 0.1) is 12.8 Å². The Bertz CT molecular complexity index is 722. The van der Waals surface area contributed by atoms with Crippen molar-refractivity contribution in [2.45, 2.75) is 95.3 Å². The largest absolute Gasteiger partial charge is 0.481 e. The van der Waals surface area contributed by atoms with Crippen LogP contribution in [0.4, 0.5) is 0 Å². The van der Waals surface area contributed by atoms with Crippen molar-refractivity contribution in [2.24, 2.45) is 0 Å².